The van der Waals surface area contributed by atoms with Crippen LogP contribution in [-0.2, 0) is 5.41 Å². The summed E-state index contributed by atoms with van der Waals surface area (Å²) in [4.78, 5) is 18.7. The number of nitrogens with zero attached hydrogens (tertiary/aromatic N) is 4. The van der Waals surface area contributed by atoms with E-state index in [9.17, 15) is 4.79 Å². The van der Waals surface area contributed by atoms with Crippen LogP contribution in [0.3, 0.4) is 0 Å². The molecule has 0 saturated carbocycles. The first-order valence-electron chi connectivity index (χ1n) is 7.66. The Balaban J connectivity index is 2.19. The molecule has 0 aromatic carbocycles. The van der Waals surface area contributed by atoms with Gasteiger partial charge in [-0.15, -0.1) is 5.10 Å². The Kier molecular flexibility index (Phi) is 4.85. The molecule has 0 bridgehead atoms. The van der Waals surface area contributed by atoms with E-state index in [-0.39, 0.29) is 11.1 Å². The maximum atomic E-state index is 11.8. The predicted octanol–water partition coefficient (Wildman–Crippen LogP) is 1.47. The van der Waals surface area contributed by atoms with Crippen LogP contribution >= 0.6 is 0 Å². The second-order valence-electron chi connectivity index (χ2n) is 6.88. The van der Waals surface area contributed by atoms with Gasteiger partial charge in [0.2, 0.25) is 5.65 Å². The molecule has 22 heavy (non-hydrogen) atoms. The fourth-order valence-electron chi connectivity index (χ4n) is 2.15. The average Bonchev–Trinajstić information content (AvgIpc) is 2.79. The highest BCUT2D eigenvalue weighted by Gasteiger charge is 2.19. The lowest BCUT2D eigenvalue weighted by atomic mass is 9.93. The number of hydrogen-bond donors (Lipinski definition) is 2. The third kappa shape index (κ3) is 3.85. The molecule has 0 atom stereocenters. The Morgan fingerprint density at radius 1 is 1.32 bits per heavy atom. The summed E-state index contributed by atoms with van der Waals surface area (Å²) in [5.74, 6) is 0.663. The van der Waals surface area contributed by atoms with Gasteiger partial charge in [-0.05, 0) is 33.5 Å². The van der Waals surface area contributed by atoms with Crippen molar-refractivity contribution in [3.05, 3.63) is 22.4 Å². The van der Waals surface area contributed by atoms with Gasteiger partial charge in [0, 0.05) is 18.2 Å². The number of fused-ring (bicyclic) bond motifs is 1. The maximum absolute atomic E-state index is 11.8. The topological polar surface area (TPSA) is 78.3 Å². The van der Waals surface area contributed by atoms with Crippen LogP contribution in [0.25, 0.3) is 5.65 Å². The van der Waals surface area contributed by atoms with Crippen LogP contribution in [0.15, 0.2) is 11.0 Å². The van der Waals surface area contributed by atoms with Gasteiger partial charge in [0.05, 0.1) is 5.69 Å². The molecule has 0 amide bonds. The lowest BCUT2D eigenvalue weighted by molar-refractivity contribution is 0.396. The number of hydrogen-bond acceptors (Lipinski definition) is 5. The van der Waals surface area contributed by atoms with Crippen molar-refractivity contribution in [1.29, 1.82) is 0 Å². The number of anilines is 1. The molecule has 7 heteroatoms. The number of H-pyrrole nitrogens is 1. The van der Waals surface area contributed by atoms with Crippen LogP contribution in [0.2, 0.25) is 0 Å². The van der Waals surface area contributed by atoms with E-state index >= 15 is 0 Å². The quantitative estimate of drug-likeness (QED) is 0.790. The second-order valence-corrected chi connectivity index (χ2v) is 6.88. The van der Waals surface area contributed by atoms with Crippen LogP contribution in [-0.4, -0.2) is 51.7 Å². The lowest BCUT2D eigenvalue weighted by Crippen LogP contribution is -2.20. The Labute approximate surface area is 130 Å². The van der Waals surface area contributed by atoms with Crippen molar-refractivity contribution < 1.29 is 0 Å². The summed E-state index contributed by atoms with van der Waals surface area (Å²) in [6.07, 6.45) is 3.92. The zero-order valence-electron chi connectivity index (χ0n) is 14.1. The molecular weight excluding hydrogens is 280 g/mol. The van der Waals surface area contributed by atoms with E-state index < -0.39 is 0 Å². The highest BCUT2D eigenvalue weighted by atomic mass is 16.1. The highest BCUT2D eigenvalue weighted by Crippen LogP contribution is 2.22. The van der Waals surface area contributed by atoms with Crippen LogP contribution in [0.5, 0.6) is 0 Å². The average molecular weight is 306 g/mol. The zero-order valence-corrected chi connectivity index (χ0v) is 14.1. The molecule has 0 radical (unpaired) electrons. The van der Waals surface area contributed by atoms with E-state index in [1.165, 1.54) is 4.40 Å². The smallest absolute Gasteiger partial charge is 0.347 e. The van der Waals surface area contributed by atoms with Crippen molar-refractivity contribution in [2.45, 2.75) is 39.0 Å². The van der Waals surface area contributed by atoms with Crippen LogP contribution in [0.4, 0.5) is 5.82 Å². The van der Waals surface area contributed by atoms with Gasteiger partial charge in [-0.1, -0.05) is 20.8 Å². The van der Waals surface area contributed by atoms with Gasteiger partial charge in [-0.25, -0.2) is 19.3 Å². The molecule has 122 valence electrons. The summed E-state index contributed by atoms with van der Waals surface area (Å²) in [6.45, 7) is 8.10. The number of unbranched alkanes of at least 4 members (excludes halogenated alkanes) is 1. The molecular formula is C15H26N6O. The number of nitrogens with one attached hydrogen (secondary N) is 2. The van der Waals surface area contributed by atoms with Crippen molar-refractivity contribution in [3.63, 3.8) is 0 Å². The first-order chi connectivity index (χ1) is 10.3. The fraction of sp³-hybridized carbons (Fsp3) is 0.667. The summed E-state index contributed by atoms with van der Waals surface area (Å²) in [7, 11) is 4.14. The highest BCUT2D eigenvalue weighted by molar-refractivity contribution is 5.62. The van der Waals surface area contributed by atoms with Crippen molar-refractivity contribution in [3.8, 4) is 0 Å². The molecule has 7 nitrogen and oxygen atoms in total. The minimum Gasteiger partial charge on any atom is -0.367 e. The monoisotopic (exact) mass is 306 g/mol. The summed E-state index contributed by atoms with van der Waals surface area (Å²) in [5.41, 5.74) is 1.04. The maximum Gasteiger partial charge on any atom is 0.347 e. The molecule has 0 aliphatic carbocycles. The SMILES string of the molecule is CN(C)CCCCNc1nc(C(C)(C)C)cn2c(=O)[nH]nc12. The first-order valence-corrected chi connectivity index (χ1v) is 7.66. The zero-order chi connectivity index (χ0) is 16.3. The van der Waals surface area contributed by atoms with Crippen molar-refractivity contribution in [2.24, 2.45) is 0 Å². The first kappa shape index (κ1) is 16.5. The van der Waals surface area contributed by atoms with Crippen LogP contribution in [0.1, 0.15) is 39.3 Å². The van der Waals surface area contributed by atoms with E-state index in [1.807, 2.05) is 0 Å². The van der Waals surface area contributed by atoms with Crippen molar-refractivity contribution >= 4 is 11.5 Å². The molecule has 2 aromatic rings. The largest absolute Gasteiger partial charge is 0.367 e. The molecule has 0 unspecified atom stereocenters. The Hall–Kier alpha value is -1.89. The van der Waals surface area contributed by atoms with E-state index in [4.69, 9.17) is 0 Å². The summed E-state index contributed by atoms with van der Waals surface area (Å²) >= 11 is 0. The molecule has 0 saturated heterocycles. The molecule has 0 aliphatic heterocycles. The van der Waals surface area contributed by atoms with Gasteiger partial charge in [0.15, 0.2) is 5.82 Å². The van der Waals surface area contributed by atoms with Gasteiger partial charge >= 0.3 is 5.69 Å². The molecule has 2 aromatic heterocycles. The molecule has 0 spiro atoms. The standard InChI is InChI=1S/C15H26N6O/c1-15(2,3)11-10-21-13(18-19-14(21)22)12(17-11)16-8-6-7-9-20(4)5/h10H,6-9H2,1-5H3,(H,16,17)(H,19,22). The Morgan fingerprint density at radius 3 is 2.68 bits per heavy atom. The van der Waals surface area contributed by atoms with Crippen molar-refractivity contribution in [2.75, 3.05) is 32.5 Å². The fourth-order valence-corrected chi connectivity index (χ4v) is 2.15. The number of aromatic nitrogens is 4. The molecule has 2 heterocycles. The van der Waals surface area contributed by atoms with Crippen LogP contribution in [0, 0.1) is 0 Å². The van der Waals surface area contributed by atoms with E-state index in [2.05, 4.69) is 60.3 Å². The van der Waals surface area contributed by atoms with Gasteiger partial charge < -0.3 is 10.2 Å². The minimum absolute atomic E-state index is 0.133. The normalized spacial score (nSPS) is 12.3. The van der Waals surface area contributed by atoms with Gasteiger partial charge in [0.1, 0.15) is 0 Å². The van der Waals surface area contributed by atoms with Gasteiger partial charge in [-0.3, -0.25) is 0 Å². The second kappa shape index (κ2) is 6.48. The van der Waals surface area contributed by atoms with Crippen LogP contribution < -0.4 is 11.0 Å². The summed E-state index contributed by atoms with van der Waals surface area (Å²) in [6, 6.07) is 0. The Morgan fingerprint density at radius 2 is 2.05 bits per heavy atom. The third-order valence-corrected chi connectivity index (χ3v) is 3.49. The molecule has 2 rings (SSSR count). The van der Waals surface area contributed by atoms with E-state index in [0.717, 1.165) is 31.6 Å². The molecule has 2 N–H and O–H groups in total. The Bertz CT molecular complexity index is 679. The van der Waals surface area contributed by atoms with Crippen molar-refractivity contribution in [1.82, 2.24) is 24.5 Å². The number of rotatable bonds is 6. The van der Waals surface area contributed by atoms with E-state index in [0.29, 0.717) is 11.5 Å². The lowest BCUT2D eigenvalue weighted by Gasteiger charge is -2.19. The minimum atomic E-state index is -0.237. The third-order valence-electron chi connectivity index (χ3n) is 3.49. The van der Waals surface area contributed by atoms with E-state index in [1.54, 1.807) is 6.20 Å². The number of aromatic amines is 1. The predicted molar refractivity (Wildman–Crippen MR) is 88.6 cm³/mol. The summed E-state index contributed by atoms with van der Waals surface area (Å²) in [5, 5.41) is 9.86. The van der Waals surface area contributed by atoms with Gasteiger partial charge in [-0.2, -0.15) is 0 Å². The molecule has 0 fully saturated rings. The summed E-state index contributed by atoms with van der Waals surface area (Å²) < 4.78 is 1.52. The molecule has 0 aliphatic rings. The van der Waals surface area contributed by atoms with Gasteiger partial charge in [0.25, 0.3) is 0 Å².